The molecule has 138 valence electrons. The SMILES string of the molecule is Cc1ccc2nc(C)c(C(=O)N(CCC(N)=O)Cc3ccccc3)cc2c1. The van der Waals surface area contributed by atoms with E-state index in [1.54, 1.807) is 4.90 Å². The molecule has 2 aromatic carbocycles. The highest BCUT2D eigenvalue weighted by molar-refractivity contribution is 5.98. The van der Waals surface area contributed by atoms with Gasteiger partial charge >= 0.3 is 0 Å². The molecule has 0 atom stereocenters. The number of rotatable bonds is 6. The van der Waals surface area contributed by atoms with Gasteiger partial charge in [0.15, 0.2) is 0 Å². The minimum atomic E-state index is -0.426. The van der Waals surface area contributed by atoms with E-state index in [9.17, 15) is 9.59 Å². The van der Waals surface area contributed by atoms with Crippen LogP contribution in [0.15, 0.2) is 54.6 Å². The quantitative estimate of drug-likeness (QED) is 0.731. The second-order valence-electron chi connectivity index (χ2n) is 6.75. The van der Waals surface area contributed by atoms with Gasteiger partial charge in [0.25, 0.3) is 5.91 Å². The van der Waals surface area contributed by atoms with Crippen molar-refractivity contribution >= 4 is 22.7 Å². The standard InChI is InChI=1S/C22H23N3O2/c1-15-8-9-20-18(12-15)13-19(16(2)24-20)22(27)25(11-10-21(23)26)14-17-6-4-3-5-7-17/h3-9,12-13H,10-11,14H2,1-2H3,(H2,23,26). The third-order valence-electron chi connectivity index (χ3n) is 4.52. The van der Waals surface area contributed by atoms with Gasteiger partial charge < -0.3 is 10.6 Å². The summed E-state index contributed by atoms with van der Waals surface area (Å²) >= 11 is 0. The zero-order valence-corrected chi connectivity index (χ0v) is 15.6. The maximum absolute atomic E-state index is 13.2. The molecule has 5 heteroatoms. The van der Waals surface area contributed by atoms with Crippen LogP contribution < -0.4 is 5.73 Å². The van der Waals surface area contributed by atoms with Crippen LogP contribution in [0.4, 0.5) is 0 Å². The van der Waals surface area contributed by atoms with Gasteiger partial charge in [0.2, 0.25) is 5.91 Å². The van der Waals surface area contributed by atoms with E-state index in [4.69, 9.17) is 5.73 Å². The molecule has 5 nitrogen and oxygen atoms in total. The lowest BCUT2D eigenvalue weighted by Crippen LogP contribution is -2.34. The van der Waals surface area contributed by atoms with Gasteiger partial charge in [-0.3, -0.25) is 14.6 Å². The first-order valence-corrected chi connectivity index (χ1v) is 8.93. The smallest absolute Gasteiger partial charge is 0.256 e. The van der Waals surface area contributed by atoms with Crippen molar-refractivity contribution in [3.8, 4) is 0 Å². The summed E-state index contributed by atoms with van der Waals surface area (Å²) in [4.78, 5) is 30.8. The number of hydrogen-bond donors (Lipinski definition) is 1. The summed E-state index contributed by atoms with van der Waals surface area (Å²) in [6, 6.07) is 17.6. The molecule has 0 spiro atoms. The van der Waals surface area contributed by atoms with E-state index in [-0.39, 0.29) is 18.9 Å². The fraction of sp³-hybridized carbons (Fsp3) is 0.227. The van der Waals surface area contributed by atoms with Crippen LogP contribution >= 0.6 is 0 Å². The van der Waals surface area contributed by atoms with Crippen molar-refractivity contribution in [2.24, 2.45) is 5.73 Å². The number of aromatic nitrogens is 1. The van der Waals surface area contributed by atoms with Gasteiger partial charge in [0.1, 0.15) is 0 Å². The molecule has 2 amide bonds. The largest absolute Gasteiger partial charge is 0.370 e. The van der Waals surface area contributed by atoms with E-state index < -0.39 is 5.91 Å². The van der Waals surface area contributed by atoms with E-state index in [2.05, 4.69) is 4.98 Å². The van der Waals surface area contributed by atoms with Crippen LogP contribution in [0.25, 0.3) is 10.9 Å². The average molecular weight is 361 g/mol. The molecule has 0 fully saturated rings. The highest BCUT2D eigenvalue weighted by Gasteiger charge is 2.20. The summed E-state index contributed by atoms with van der Waals surface area (Å²) in [5, 5.41) is 0.929. The molecule has 0 unspecified atom stereocenters. The molecule has 0 bridgehead atoms. The Labute approximate surface area is 158 Å². The minimum absolute atomic E-state index is 0.123. The van der Waals surface area contributed by atoms with Gasteiger partial charge in [0.05, 0.1) is 16.8 Å². The van der Waals surface area contributed by atoms with Crippen LogP contribution in [0.5, 0.6) is 0 Å². The Morgan fingerprint density at radius 2 is 1.78 bits per heavy atom. The third-order valence-corrected chi connectivity index (χ3v) is 4.52. The van der Waals surface area contributed by atoms with Crippen molar-refractivity contribution in [3.63, 3.8) is 0 Å². The topological polar surface area (TPSA) is 76.3 Å². The molecule has 0 radical (unpaired) electrons. The maximum atomic E-state index is 13.2. The molecule has 3 rings (SSSR count). The Bertz CT molecular complexity index is 984. The number of pyridine rings is 1. The lowest BCUT2D eigenvalue weighted by Gasteiger charge is -2.23. The van der Waals surface area contributed by atoms with Crippen molar-refractivity contribution < 1.29 is 9.59 Å². The first-order valence-electron chi connectivity index (χ1n) is 8.93. The predicted octanol–water partition coefficient (Wildman–Crippen LogP) is 3.37. The zero-order valence-electron chi connectivity index (χ0n) is 15.6. The molecule has 0 saturated heterocycles. The van der Waals surface area contributed by atoms with E-state index >= 15 is 0 Å². The predicted molar refractivity (Wildman–Crippen MR) is 106 cm³/mol. The second-order valence-corrected chi connectivity index (χ2v) is 6.75. The molecular weight excluding hydrogens is 338 g/mol. The molecule has 0 aliphatic heterocycles. The zero-order chi connectivity index (χ0) is 19.4. The number of aryl methyl sites for hydroxylation is 2. The lowest BCUT2D eigenvalue weighted by molar-refractivity contribution is -0.118. The number of hydrogen-bond acceptors (Lipinski definition) is 3. The van der Waals surface area contributed by atoms with Crippen LogP contribution in [-0.2, 0) is 11.3 Å². The van der Waals surface area contributed by atoms with Gasteiger partial charge in [-0.05, 0) is 37.6 Å². The van der Waals surface area contributed by atoms with Crippen LogP contribution in [0, 0.1) is 13.8 Å². The van der Waals surface area contributed by atoms with Gasteiger partial charge in [-0.1, -0.05) is 42.0 Å². The number of nitrogens with zero attached hydrogens (tertiary/aromatic N) is 2. The minimum Gasteiger partial charge on any atom is -0.370 e. The monoisotopic (exact) mass is 361 g/mol. The van der Waals surface area contributed by atoms with Crippen molar-refractivity contribution in [3.05, 3.63) is 77.0 Å². The Morgan fingerprint density at radius 1 is 1.04 bits per heavy atom. The normalized spacial score (nSPS) is 10.7. The summed E-state index contributed by atoms with van der Waals surface area (Å²) in [5.41, 5.74) is 9.50. The van der Waals surface area contributed by atoms with Crippen LogP contribution in [-0.4, -0.2) is 28.2 Å². The van der Waals surface area contributed by atoms with Gasteiger partial charge in [-0.15, -0.1) is 0 Å². The highest BCUT2D eigenvalue weighted by Crippen LogP contribution is 2.20. The molecule has 2 N–H and O–H groups in total. The molecule has 1 heterocycles. The van der Waals surface area contributed by atoms with Gasteiger partial charge in [-0.2, -0.15) is 0 Å². The molecule has 27 heavy (non-hydrogen) atoms. The molecular formula is C22H23N3O2. The molecule has 0 aliphatic carbocycles. The number of amides is 2. The lowest BCUT2D eigenvalue weighted by atomic mass is 10.1. The number of carbonyl (C=O) groups is 2. The number of nitrogens with two attached hydrogens (primary N) is 1. The Balaban J connectivity index is 1.95. The first kappa shape index (κ1) is 18.6. The van der Waals surface area contributed by atoms with Crippen LogP contribution in [0.1, 0.15) is 33.6 Å². The second kappa shape index (κ2) is 7.99. The van der Waals surface area contributed by atoms with Crippen molar-refractivity contribution in [1.29, 1.82) is 0 Å². The number of primary amides is 1. The van der Waals surface area contributed by atoms with Gasteiger partial charge in [-0.25, -0.2) is 0 Å². The van der Waals surface area contributed by atoms with E-state index in [1.807, 2.05) is 68.4 Å². The Kier molecular flexibility index (Phi) is 5.50. The number of fused-ring (bicyclic) bond motifs is 1. The van der Waals surface area contributed by atoms with E-state index in [0.29, 0.717) is 17.8 Å². The summed E-state index contributed by atoms with van der Waals surface area (Å²) in [7, 11) is 0. The summed E-state index contributed by atoms with van der Waals surface area (Å²) < 4.78 is 0. The fourth-order valence-electron chi connectivity index (χ4n) is 3.08. The van der Waals surface area contributed by atoms with Crippen molar-refractivity contribution in [2.75, 3.05) is 6.54 Å². The van der Waals surface area contributed by atoms with Crippen LogP contribution in [0.3, 0.4) is 0 Å². The number of carbonyl (C=O) groups excluding carboxylic acids is 2. The maximum Gasteiger partial charge on any atom is 0.256 e. The highest BCUT2D eigenvalue weighted by atomic mass is 16.2. The number of benzene rings is 2. The average Bonchev–Trinajstić information content (AvgIpc) is 2.65. The van der Waals surface area contributed by atoms with Crippen molar-refractivity contribution in [2.45, 2.75) is 26.8 Å². The Morgan fingerprint density at radius 3 is 2.48 bits per heavy atom. The molecule has 0 saturated carbocycles. The van der Waals surface area contributed by atoms with Gasteiger partial charge in [0, 0.05) is 24.9 Å². The fourth-order valence-corrected chi connectivity index (χ4v) is 3.08. The summed E-state index contributed by atoms with van der Waals surface area (Å²) in [5.74, 6) is -0.571. The van der Waals surface area contributed by atoms with Crippen LogP contribution in [0.2, 0.25) is 0 Å². The van der Waals surface area contributed by atoms with E-state index in [0.717, 1.165) is 22.0 Å². The third kappa shape index (κ3) is 4.50. The summed E-state index contributed by atoms with van der Waals surface area (Å²) in [6.45, 7) is 4.53. The molecule has 0 aliphatic rings. The summed E-state index contributed by atoms with van der Waals surface area (Å²) in [6.07, 6.45) is 0.123. The van der Waals surface area contributed by atoms with E-state index in [1.165, 1.54) is 0 Å². The Hall–Kier alpha value is -3.21. The molecule has 3 aromatic rings. The first-order chi connectivity index (χ1) is 12.9. The van der Waals surface area contributed by atoms with Crippen molar-refractivity contribution in [1.82, 2.24) is 9.88 Å². The molecule has 1 aromatic heterocycles.